The Kier molecular flexibility index (Phi) is 4.58. The van der Waals surface area contributed by atoms with Gasteiger partial charge in [0, 0.05) is 24.6 Å². The molecule has 0 aliphatic carbocycles. The van der Waals surface area contributed by atoms with Crippen LogP contribution in [-0.4, -0.2) is 13.2 Å². The summed E-state index contributed by atoms with van der Waals surface area (Å²) < 4.78 is 24.2. The second-order valence-electron chi connectivity index (χ2n) is 4.50. The number of hydrogen-bond donors (Lipinski definition) is 1. The highest BCUT2D eigenvalue weighted by molar-refractivity contribution is 5.30. The van der Waals surface area contributed by atoms with E-state index in [2.05, 4.69) is 5.32 Å². The summed E-state index contributed by atoms with van der Waals surface area (Å²) in [4.78, 5) is 0. The van der Waals surface area contributed by atoms with Crippen molar-refractivity contribution in [3.63, 3.8) is 0 Å². The van der Waals surface area contributed by atoms with Crippen molar-refractivity contribution in [2.75, 3.05) is 7.11 Å². The number of benzene rings is 1. The standard InChI is InChI=1S/C15H18FNO2/c1-11(9-13-6-4-8-19-13)17-10-12-5-3-7-14(18-2)15(12)16/h3-8,11,17H,9-10H2,1-2H3. The summed E-state index contributed by atoms with van der Waals surface area (Å²) in [5, 5.41) is 3.27. The third-order valence-electron chi connectivity index (χ3n) is 2.99. The third-order valence-corrected chi connectivity index (χ3v) is 2.99. The Balaban J connectivity index is 1.91. The van der Waals surface area contributed by atoms with Crippen LogP contribution < -0.4 is 10.1 Å². The van der Waals surface area contributed by atoms with E-state index in [1.165, 1.54) is 7.11 Å². The second-order valence-corrected chi connectivity index (χ2v) is 4.50. The maximum atomic E-state index is 13.9. The van der Waals surface area contributed by atoms with Crippen LogP contribution in [0.3, 0.4) is 0 Å². The molecule has 0 bridgehead atoms. The molecule has 0 saturated heterocycles. The van der Waals surface area contributed by atoms with E-state index in [1.54, 1.807) is 24.5 Å². The van der Waals surface area contributed by atoms with Gasteiger partial charge in [-0.05, 0) is 25.1 Å². The lowest BCUT2D eigenvalue weighted by Crippen LogP contribution is -2.27. The van der Waals surface area contributed by atoms with Crippen molar-refractivity contribution < 1.29 is 13.5 Å². The lowest BCUT2D eigenvalue weighted by atomic mass is 10.1. The summed E-state index contributed by atoms with van der Waals surface area (Å²) in [5.74, 6) is 0.895. The van der Waals surface area contributed by atoms with E-state index in [9.17, 15) is 4.39 Å². The number of rotatable bonds is 6. The molecule has 1 aromatic carbocycles. The van der Waals surface area contributed by atoms with Crippen molar-refractivity contribution in [1.29, 1.82) is 0 Å². The summed E-state index contributed by atoms with van der Waals surface area (Å²) >= 11 is 0. The molecule has 4 heteroatoms. The average Bonchev–Trinajstić information content (AvgIpc) is 2.90. The molecule has 2 aromatic rings. The molecular formula is C15H18FNO2. The highest BCUT2D eigenvalue weighted by Gasteiger charge is 2.10. The molecule has 1 heterocycles. The van der Waals surface area contributed by atoms with Gasteiger partial charge in [0.1, 0.15) is 5.76 Å². The zero-order valence-electron chi connectivity index (χ0n) is 11.2. The van der Waals surface area contributed by atoms with Crippen molar-refractivity contribution in [2.24, 2.45) is 0 Å². The molecule has 1 N–H and O–H groups in total. The zero-order valence-corrected chi connectivity index (χ0v) is 11.2. The van der Waals surface area contributed by atoms with Crippen LogP contribution in [-0.2, 0) is 13.0 Å². The fourth-order valence-electron chi connectivity index (χ4n) is 1.94. The summed E-state index contributed by atoms with van der Waals surface area (Å²) in [6.45, 7) is 2.51. The van der Waals surface area contributed by atoms with Gasteiger partial charge in [-0.1, -0.05) is 12.1 Å². The smallest absolute Gasteiger partial charge is 0.169 e. The predicted molar refractivity (Wildman–Crippen MR) is 71.7 cm³/mol. The van der Waals surface area contributed by atoms with Crippen LogP contribution in [0.5, 0.6) is 5.75 Å². The first kappa shape index (κ1) is 13.6. The van der Waals surface area contributed by atoms with E-state index in [0.717, 1.165) is 12.2 Å². The first-order chi connectivity index (χ1) is 9.20. The number of ether oxygens (including phenoxy) is 1. The minimum Gasteiger partial charge on any atom is -0.494 e. The Labute approximate surface area is 112 Å². The van der Waals surface area contributed by atoms with Crippen LogP contribution in [0.25, 0.3) is 0 Å². The molecule has 1 unspecified atom stereocenters. The van der Waals surface area contributed by atoms with Crippen LogP contribution in [0.2, 0.25) is 0 Å². The summed E-state index contributed by atoms with van der Waals surface area (Å²) in [6.07, 6.45) is 2.43. The molecule has 19 heavy (non-hydrogen) atoms. The first-order valence-electron chi connectivity index (χ1n) is 6.28. The minimum atomic E-state index is -0.303. The number of furan rings is 1. The van der Waals surface area contributed by atoms with Crippen molar-refractivity contribution in [1.82, 2.24) is 5.32 Å². The highest BCUT2D eigenvalue weighted by atomic mass is 19.1. The van der Waals surface area contributed by atoms with Crippen LogP contribution in [0, 0.1) is 5.82 Å². The molecule has 3 nitrogen and oxygen atoms in total. The molecule has 0 amide bonds. The van der Waals surface area contributed by atoms with Gasteiger partial charge in [0.15, 0.2) is 11.6 Å². The normalized spacial score (nSPS) is 12.4. The Hall–Kier alpha value is -1.81. The van der Waals surface area contributed by atoms with E-state index in [1.807, 2.05) is 19.1 Å². The molecule has 0 aliphatic rings. The molecule has 0 fully saturated rings. The Morgan fingerprint density at radius 2 is 2.16 bits per heavy atom. The second kappa shape index (κ2) is 6.38. The molecule has 1 aromatic heterocycles. The summed E-state index contributed by atoms with van der Waals surface area (Å²) in [5.41, 5.74) is 0.602. The Morgan fingerprint density at radius 3 is 2.84 bits per heavy atom. The van der Waals surface area contributed by atoms with Gasteiger partial charge in [-0.2, -0.15) is 0 Å². The zero-order chi connectivity index (χ0) is 13.7. The van der Waals surface area contributed by atoms with Gasteiger partial charge in [0.25, 0.3) is 0 Å². The van der Waals surface area contributed by atoms with E-state index in [-0.39, 0.29) is 17.6 Å². The van der Waals surface area contributed by atoms with Crippen LogP contribution in [0.15, 0.2) is 41.0 Å². The fraction of sp³-hybridized carbons (Fsp3) is 0.333. The molecule has 0 aliphatic heterocycles. The predicted octanol–water partition coefficient (Wildman–Crippen LogP) is 3.15. The fourth-order valence-corrected chi connectivity index (χ4v) is 1.94. The number of methoxy groups -OCH3 is 1. The van der Waals surface area contributed by atoms with Gasteiger partial charge >= 0.3 is 0 Å². The van der Waals surface area contributed by atoms with Crippen molar-refractivity contribution in [3.8, 4) is 5.75 Å². The Morgan fingerprint density at radius 1 is 1.32 bits per heavy atom. The van der Waals surface area contributed by atoms with Gasteiger partial charge in [-0.3, -0.25) is 0 Å². The van der Waals surface area contributed by atoms with E-state index >= 15 is 0 Å². The van der Waals surface area contributed by atoms with Crippen LogP contribution in [0.4, 0.5) is 4.39 Å². The quantitative estimate of drug-likeness (QED) is 0.869. The number of nitrogens with one attached hydrogen (secondary N) is 1. The molecule has 2 rings (SSSR count). The van der Waals surface area contributed by atoms with E-state index in [4.69, 9.17) is 9.15 Å². The molecule has 0 radical (unpaired) electrons. The Bertz CT molecular complexity index is 511. The van der Waals surface area contributed by atoms with Gasteiger partial charge in [-0.15, -0.1) is 0 Å². The molecule has 1 atom stereocenters. The molecular weight excluding hydrogens is 245 g/mol. The van der Waals surface area contributed by atoms with E-state index < -0.39 is 0 Å². The number of hydrogen-bond acceptors (Lipinski definition) is 3. The topological polar surface area (TPSA) is 34.4 Å². The molecule has 102 valence electrons. The van der Waals surface area contributed by atoms with Crippen LogP contribution in [0.1, 0.15) is 18.2 Å². The van der Waals surface area contributed by atoms with Crippen molar-refractivity contribution in [3.05, 3.63) is 53.7 Å². The maximum absolute atomic E-state index is 13.9. The first-order valence-corrected chi connectivity index (χ1v) is 6.28. The van der Waals surface area contributed by atoms with Gasteiger partial charge in [0.2, 0.25) is 0 Å². The summed E-state index contributed by atoms with van der Waals surface area (Å²) in [7, 11) is 1.47. The van der Waals surface area contributed by atoms with Crippen molar-refractivity contribution in [2.45, 2.75) is 25.9 Å². The minimum absolute atomic E-state index is 0.205. The lowest BCUT2D eigenvalue weighted by Gasteiger charge is -2.13. The third kappa shape index (κ3) is 3.58. The molecule has 0 spiro atoms. The average molecular weight is 263 g/mol. The largest absolute Gasteiger partial charge is 0.494 e. The van der Waals surface area contributed by atoms with Crippen LogP contribution >= 0.6 is 0 Å². The van der Waals surface area contributed by atoms with Gasteiger partial charge in [0.05, 0.1) is 13.4 Å². The van der Waals surface area contributed by atoms with Crippen molar-refractivity contribution >= 4 is 0 Å². The van der Waals surface area contributed by atoms with Gasteiger partial charge in [-0.25, -0.2) is 4.39 Å². The highest BCUT2D eigenvalue weighted by Crippen LogP contribution is 2.19. The monoisotopic (exact) mass is 263 g/mol. The van der Waals surface area contributed by atoms with Gasteiger partial charge < -0.3 is 14.5 Å². The maximum Gasteiger partial charge on any atom is 0.169 e. The summed E-state index contributed by atoms with van der Waals surface area (Å²) in [6, 6.07) is 9.16. The lowest BCUT2D eigenvalue weighted by molar-refractivity contribution is 0.382. The van der Waals surface area contributed by atoms with E-state index in [0.29, 0.717) is 12.1 Å². The molecule has 0 saturated carbocycles. The number of halogens is 1. The SMILES string of the molecule is COc1cccc(CNC(C)Cc2ccco2)c1F.